The minimum Gasteiger partial charge on any atom is -0.338 e. The van der Waals surface area contributed by atoms with E-state index >= 15 is 0 Å². The van der Waals surface area contributed by atoms with Crippen molar-refractivity contribution in [2.24, 2.45) is 0 Å². The van der Waals surface area contributed by atoms with Gasteiger partial charge in [0.15, 0.2) is 5.82 Å². The molecule has 0 fully saturated rings. The predicted molar refractivity (Wildman–Crippen MR) is 79.7 cm³/mol. The van der Waals surface area contributed by atoms with E-state index in [0.717, 1.165) is 29.3 Å². The lowest BCUT2D eigenvalue weighted by molar-refractivity contribution is 0.325. The molecule has 0 spiro atoms. The molecule has 20 heavy (non-hydrogen) atoms. The highest BCUT2D eigenvalue weighted by atomic mass is 35.5. The first-order valence-electron chi connectivity index (χ1n) is 6.94. The summed E-state index contributed by atoms with van der Waals surface area (Å²) in [5, 5.41) is 8.16. The van der Waals surface area contributed by atoms with Crippen LogP contribution in [0.5, 0.6) is 0 Å². The fraction of sp³-hybridized carbons (Fsp3) is 0.467. The molecule has 4 nitrogen and oxygen atoms in total. The van der Waals surface area contributed by atoms with Gasteiger partial charge in [-0.25, -0.2) is 0 Å². The van der Waals surface area contributed by atoms with Crippen molar-refractivity contribution in [3.05, 3.63) is 46.6 Å². The van der Waals surface area contributed by atoms with E-state index in [1.807, 2.05) is 31.2 Å². The molecule has 2 unspecified atom stereocenters. The van der Waals surface area contributed by atoms with Gasteiger partial charge >= 0.3 is 0 Å². The van der Waals surface area contributed by atoms with E-state index in [1.165, 1.54) is 0 Å². The summed E-state index contributed by atoms with van der Waals surface area (Å²) in [6.45, 7) is 6.18. The van der Waals surface area contributed by atoms with Gasteiger partial charge in [0.1, 0.15) is 0 Å². The zero-order valence-corrected chi connectivity index (χ0v) is 12.8. The monoisotopic (exact) mass is 293 g/mol. The van der Waals surface area contributed by atoms with E-state index in [9.17, 15) is 0 Å². The minimum atomic E-state index is -0.0145. The highest BCUT2D eigenvalue weighted by molar-refractivity contribution is 6.31. The molecule has 0 aliphatic carbocycles. The summed E-state index contributed by atoms with van der Waals surface area (Å²) >= 11 is 6.20. The Hall–Kier alpha value is -1.39. The Morgan fingerprint density at radius 2 is 2.00 bits per heavy atom. The van der Waals surface area contributed by atoms with Crippen LogP contribution in [0.25, 0.3) is 0 Å². The topological polar surface area (TPSA) is 51.0 Å². The summed E-state index contributed by atoms with van der Waals surface area (Å²) in [6.07, 6.45) is 1.85. The van der Waals surface area contributed by atoms with Gasteiger partial charge in [-0.3, -0.25) is 5.32 Å². The number of rotatable bonds is 6. The molecule has 1 aromatic carbocycles. The largest absolute Gasteiger partial charge is 0.338 e. The van der Waals surface area contributed by atoms with Crippen molar-refractivity contribution in [2.75, 3.05) is 0 Å². The normalized spacial score (nSPS) is 14.2. The van der Waals surface area contributed by atoms with E-state index in [2.05, 4.69) is 29.3 Å². The number of halogens is 1. The number of benzene rings is 1. The summed E-state index contributed by atoms with van der Waals surface area (Å²) < 4.78 is 5.29. The molecule has 0 bridgehead atoms. The Bertz CT molecular complexity index is 556. The molecule has 0 amide bonds. The van der Waals surface area contributed by atoms with E-state index in [-0.39, 0.29) is 12.1 Å². The van der Waals surface area contributed by atoms with Gasteiger partial charge in [-0.15, -0.1) is 0 Å². The highest BCUT2D eigenvalue weighted by Crippen LogP contribution is 2.24. The van der Waals surface area contributed by atoms with Crippen molar-refractivity contribution in [3.63, 3.8) is 0 Å². The molecule has 0 aliphatic heterocycles. The van der Waals surface area contributed by atoms with Gasteiger partial charge in [0.2, 0.25) is 5.89 Å². The second-order valence-corrected chi connectivity index (χ2v) is 5.34. The van der Waals surface area contributed by atoms with Gasteiger partial charge in [0.25, 0.3) is 0 Å². The summed E-state index contributed by atoms with van der Waals surface area (Å²) in [6, 6.07) is 7.92. The molecule has 1 aromatic heterocycles. The first-order valence-corrected chi connectivity index (χ1v) is 7.32. The molecule has 1 N–H and O–H groups in total. The molecule has 108 valence electrons. The molecule has 5 heteroatoms. The van der Waals surface area contributed by atoms with Crippen LogP contribution in [0.15, 0.2) is 28.8 Å². The standard InChI is InChI=1S/C15H20ClN3O/c1-4-7-14-18-15(20-19-14)11(3)17-10(2)12-8-5-6-9-13(12)16/h5-6,8-11,17H,4,7H2,1-3H3. The maximum absolute atomic E-state index is 6.20. The van der Waals surface area contributed by atoms with Crippen molar-refractivity contribution in [1.29, 1.82) is 0 Å². The third-order valence-electron chi connectivity index (χ3n) is 3.20. The van der Waals surface area contributed by atoms with Crippen LogP contribution >= 0.6 is 11.6 Å². The number of nitrogens with one attached hydrogen (secondary N) is 1. The Kier molecular flexibility index (Phi) is 5.15. The average Bonchev–Trinajstić information content (AvgIpc) is 2.88. The molecule has 0 radical (unpaired) electrons. The fourth-order valence-corrected chi connectivity index (χ4v) is 2.43. The van der Waals surface area contributed by atoms with E-state index in [4.69, 9.17) is 16.1 Å². The predicted octanol–water partition coefficient (Wildman–Crippen LogP) is 4.09. The van der Waals surface area contributed by atoms with Crippen LogP contribution in [0.1, 0.15) is 56.6 Å². The third kappa shape index (κ3) is 3.58. The first-order chi connectivity index (χ1) is 9.61. The van der Waals surface area contributed by atoms with Crippen LogP contribution in [0, 0.1) is 0 Å². The first kappa shape index (κ1) is 15.0. The SMILES string of the molecule is CCCc1noc(C(C)NC(C)c2ccccc2Cl)n1. The maximum Gasteiger partial charge on any atom is 0.243 e. The number of nitrogens with zero attached hydrogens (tertiary/aromatic N) is 2. The Morgan fingerprint density at radius 1 is 1.25 bits per heavy atom. The second kappa shape index (κ2) is 6.86. The van der Waals surface area contributed by atoms with Crippen molar-refractivity contribution in [1.82, 2.24) is 15.5 Å². The molecule has 2 aromatic rings. The molecular formula is C15H20ClN3O. The number of aromatic nitrogens is 2. The smallest absolute Gasteiger partial charge is 0.243 e. The lowest BCUT2D eigenvalue weighted by atomic mass is 10.1. The van der Waals surface area contributed by atoms with Gasteiger partial charge in [-0.1, -0.05) is 41.9 Å². The van der Waals surface area contributed by atoms with Crippen LogP contribution in [-0.4, -0.2) is 10.1 Å². The quantitative estimate of drug-likeness (QED) is 0.871. The molecule has 0 saturated heterocycles. The van der Waals surface area contributed by atoms with Crippen LogP contribution in [0.2, 0.25) is 5.02 Å². The van der Waals surface area contributed by atoms with Gasteiger partial charge < -0.3 is 4.52 Å². The van der Waals surface area contributed by atoms with Gasteiger partial charge in [0, 0.05) is 17.5 Å². The van der Waals surface area contributed by atoms with E-state index in [1.54, 1.807) is 0 Å². The lowest BCUT2D eigenvalue weighted by Crippen LogP contribution is -2.23. The van der Waals surface area contributed by atoms with E-state index in [0.29, 0.717) is 5.89 Å². The summed E-state index contributed by atoms with van der Waals surface area (Å²) in [7, 11) is 0. The average molecular weight is 294 g/mol. The number of hydrogen-bond donors (Lipinski definition) is 1. The third-order valence-corrected chi connectivity index (χ3v) is 3.54. The Labute approximate surface area is 124 Å². The molecule has 1 heterocycles. The number of hydrogen-bond acceptors (Lipinski definition) is 4. The minimum absolute atomic E-state index is 0.0145. The Morgan fingerprint density at radius 3 is 2.70 bits per heavy atom. The van der Waals surface area contributed by atoms with Crippen LogP contribution < -0.4 is 5.32 Å². The zero-order chi connectivity index (χ0) is 14.5. The number of aryl methyl sites for hydroxylation is 1. The van der Waals surface area contributed by atoms with Crippen LogP contribution in [0.4, 0.5) is 0 Å². The summed E-state index contributed by atoms with van der Waals surface area (Å²) in [5.74, 6) is 1.38. The van der Waals surface area contributed by atoms with Crippen LogP contribution in [-0.2, 0) is 6.42 Å². The van der Waals surface area contributed by atoms with Gasteiger partial charge in [0.05, 0.1) is 6.04 Å². The highest BCUT2D eigenvalue weighted by Gasteiger charge is 2.18. The molecular weight excluding hydrogens is 274 g/mol. The maximum atomic E-state index is 6.20. The van der Waals surface area contributed by atoms with Crippen LogP contribution in [0.3, 0.4) is 0 Å². The van der Waals surface area contributed by atoms with Gasteiger partial charge in [-0.2, -0.15) is 4.98 Å². The molecule has 2 rings (SSSR count). The van der Waals surface area contributed by atoms with Crippen molar-refractivity contribution < 1.29 is 4.52 Å². The molecule has 2 atom stereocenters. The van der Waals surface area contributed by atoms with Crippen molar-refractivity contribution in [3.8, 4) is 0 Å². The van der Waals surface area contributed by atoms with Crippen molar-refractivity contribution >= 4 is 11.6 Å². The van der Waals surface area contributed by atoms with Crippen molar-refractivity contribution in [2.45, 2.75) is 45.7 Å². The fourth-order valence-electron chi connectivity index (χ4n) is 2.13. The second-order valence-electron chi connectivity index (χ2n) is 4.93. The van der Waals surface area contributed by atoms with Gasteiger partial charge in [-0.05, 0) is 31.9 Å². The molecule has 0 saturated carbocycles. The van der Waals surface area contributed by atoms with E-state index < -0.39 is 0 Å². The summed E-state index contributed by atoms with van der Waals surface area (Å²) in [4.78, 5) is 4.40. The Balaban J connectivity index is 2.03. The summed E-state index contributed by atoms with van der Waals surface area (Å²) in [5.41, 5.74) is 1.06. The zero-order valence-electron chi connectivity index (χ0n) is 12.1. The molecule has 0 aliphatic rings. The lowest BCUT2D eigenvalue weighted by Gasteiger charge is -2.18.